The van der Waals surface area contributed by atoms with Crippen LogP contribution in [0.15, 0.2) is 37.1 Å². The third-order valence-corrected chi connectivity index (χ3v) is 4.38. The number of hydrogen-bond acceptors (Lipinski definition) is 3. The Hall–Kier alpha value is -2.58. The van der Waals surface area contributed by atoms with Crippen molar-refractivity contribution in [3.05, 3.63) is 53.3 Å². The molecule has 0 aromatic carbocycles. The van der Waals surface area contributed by atoms with Gasteiger partial charge in [-0.2, -0.15) is 10.2 Å². The molecule has 1 saturated carbocycles. The van der Waals surface area contributed by atoms with Crippen molar-refractivity contribution in [1.29, 1.82) is 0 Å². The fourth-order valence-corrected chi connectivity index (χ4v) is 2.77. The minimum Gasteiger partial charge on any atom is -0.269 e. The summed E-state index contributed by atoms with van der Waals surface area (Å²) in [6.07, 6.45) is 11.8. The van der Waals surface area contributed by atoms with Crippen molar-refractivity contribution in [2.24, 2.45) is 0 Å². The van der Waals surface area contributed by atoms with Gasteiger partial charge in [-0.15, -0.1) is 0 Å². The quantitative estimate of drug-likeness (QED) is 0.527. The van der Waals surface area contributed by atoms with Crippen LogP contribution in [0.5, 0.6) is 0 Å². The van der Waals surface area contributed by atoms with E-state index in [1.165, 1.54) is 12.8 Å². The Balaban J connectivity index is 1.68. The Labute approximate surface area is 151 Å². The predicted octanol–water partition coefficient (Wildman–Crippen LogP) is 4.11. The first-order valence-electron chi connectivity index (χ1n) is 8.36. The van der Waals surface area contributed by atoms with Gasteiger partial charge in [0, 0.05) is 35.8 Å². The zero-order chi connectivity index (χ0) is 17.4. The van der Waals surface area contributed by atoms with Crippen molar-refractivity contribution in [2.75, 3.05) is 0 Å². The Morgan fingerprint density at radius 1 is 1.12 bits per heavy atom. The number of hydrogen-bond donors (Lipinski definition) is 0. The highest BCUT2D eigenvalue weighted by molar-refractivity contribution is 6.29. The van der Waals surface area contributed by atoms with Gasteiger partial charge in [0.15, 0.2) is 0 Å². The third kappa shape index (κ3) is 3.45. The summed E-state index contributed by atoms with van der Waals surface area (Å²) >= 11 is 6.10. The van der Waals surface area contributed by atoms with E-state index in [9.17, 15) is 0 Å². The fraction of sp³-hybridized carbons (Fsp3) is 0.316. The molecule has 0 amide bonds. The third-order valence-electron chi connectivity index (χ3n) is 4.18. The second kappa shape index (κ2) is 6.38. The van der Waals surface area contributed by atoms with Crippen LogP contribution < -0.4 is 0 Å². The summed E-state index contributed by atoms with van der Waals surface area (Å²) in [4.78, 5) is 4.18. The van der Waals surface area contributed by atoms with E-state index in [0.29, 0.717) is 17.2 Å². The van der Waals surface area contributed by atoms with E-state index < -0.39 is 0 Å². The number of nitrogens with zero attached hydrogens (tertiary/aromatic N) is 5. The molecule has 4 rings (SSSR count). The molecule has 1 aliphatic rings. The average molecular weight is 352 g/mol. The number of aromatic nitrogens is 5. The van der Waals surface area contributed by atoms with Crippen LogP contribution in [0.1, 0.15) is 49.9 Å². The van der Waals surface area contributed by atoms with Crippen molar-refractivity contribution in [1.82, 2.24) is 24.5 Å². The Bertz CT molecular complexity index is 969. The van der Waals surface area contributed by atoms with Gasteiger partial charge in [0.2, 0.25) is 0 Å². The van der Waals surface area contributed by atoms with E-state index in [0.717, 1.165) is 22.3 Å². The van der Waals surface area contributed by atoms with Gasteiger partial charge in [0.05, 0.1) is 29.6 Å². The van der Waals surface area contributed by atoms with E-state index in [-0.39, 0.29) is 0 Å². The van der Waals surface area contributed by atoms with Crippen molar-refractivity contribution in [2.45, 2.75) is 38.8 Å². The first-order valence-corrected chi connectivity index (χ1v) is 8.74. The lowest BCUT2D eigenvalue weighted by molar-refractivity contribution is 0.532. The molecule has 25 heavy (non-hydrogen) atoms. The standard InChI is InChI=1S/C19H18ClN5/c1-13(2)24-11-14(8-22-24)3-4-15-9-21-19(20)7-18(15)16-10-23-25(12-16)17-5-6-17/h7-13,17H,5-6H2,1-2H3. The molecule has 0 aliphatic heterocycles. The maximum atomic E-state index is 6.10. The van der Waals surface area contributed by atoms with E-state index in [4.69, 9.17) is 11.6 Å². The Morgan fingerprint density at radius 2 is 1.96 bits per heavy atom. The van der Waals surface area contributed by atoms with Crippen LogP contribution in [0, 0.1) is 11.8 Å². The highest BCUT2D eigenvalue weighted by atomic mass is 35.5. The van der Waals surface area contributed by atoms with E-state index in [1.54, 1.807) is 12.4 Å². The lowest BCUT2D eigenvalue weighted by Crippen LogP contribution is -1.99. The molecule has 3 heterocycles. The lowest BCUT2D eigenvalue weighted by Gasteiger charge is -2.02. The summed E-state index contributed by atoms with van der Waals surface area (Å²) in [5.74, 6) is 6.36. The van der Waals surface area contributed by atoms with Gasteiger partial charge < -0.3 is 0 Å². The van der Waals surface area contributed by atoms with Crippen LogP contribution in [0.4, 0.5) is 0 Å². The van der Waals surface area contributed by atoms with Crippen molar-refractivity contribution in [3.8, 4) is 23.0 Å². The molecule has 0 N–H and O–H groups in total. The molecule has 3 aromatic heterocycles. The normalized spacial score (nSPS) is 13.8. The molecule has 0 radical (unpaired) electrons. The maximum absolute atomic E-state index is 6.10. The van der Waals surface area contributed by atoms with E-state index in [2.05, 4.69) is 47.1 Å². The second-order valence-electron chi connectivity index (χ2n) is 6.55. The SMILES string of the molecule is CC(C)n1cc(C#Cc2cnc(Cl)cc2-c2cnn(C3CC3)c2)cn1. The highest BCUT2D eigenvalue weighted by Gasteiger charge is 2.24. The van der Waals surface area contributed by atoms with E-state index in [1.807, 2.05) is 27.8 Å². The molecule has 1 aliphatic carbocycles. The summed E-state index contributed by atoms with van der Waals surface area (Å²) in [6.45, 7) is 4.17. The van der Waals surface area contributed by atoms with Gasteiger partial charge in [-0.05, 0) is 32.8 Å². The summed E-state index contributed by atoms with van der Waals surface area (Å²) in [6, 6.07) is 2.70. The van der Waals surface area contributed by atoms with Crippen LogP contribution in [-0.4, -0.2) is 24.5 Å². The van der Waals surface area contributed by atoms with Crippen LogP contribution in [0.25, 0.3) is 11.1 Å². The van der Waals surface area contributed by atoms with Gasteiger partial charge in [0.25, 0.3) is 0 Å². The number of halogens is 1. The minimum atomic E-state index is 0.316. The van der Waals surface area contributed by atoms with Crippen LogP contribution in [0.2, 0.25) is 5.15 Å². The lowest BCUT2D eigenvalue weighted by atomic mass is 10.1. The zero-order valence-electron chi connectivity index (χ0n) is 14.1. The molecule has 5 nitrogen and oxygen atoms in total. The first kappa shape index (κ1) is 15.9. The number of pyridine rings is 1. The molecular formula is C19H18ClN5. The fourth-order valence-electron chi connectivity index (χ4n) is 2.61. The van der Waals surface area contributed by atoms with Crippen LogP contribution in [0.3, 0.4) is 0 Å². The summed E-state index contributed by atoms with van der Waals surface area (Å²) in [7, 11) is 0. The topological polar surface area (TPSA) is 48.5 Å². The van der Waals surface area contributed by atoms with Crippen LogP contribution in [-0.2, 0) is 0 Å². The van der Waals surface area contributed by atoms with E-state index >= 15 is 0 Å². The first-order chi connectivity index (χ1) is 12.1. The summed E-state index contributed by atoms with van der Waals surface area (Å²) < 4.78 is 3.91. The predicted molar refractivity (Wildman–Crippen MR) is 97.3 cm³/mol. The molecule has 3 aromatic rings. The smallest absolute Gasteiger partial charge is 0.129 e. The van der Waals surface area contributed by atoms with Crippen molar-refractivity contribution >= 4 is 11.6 Å². The summed E-state index contributed by atoms with van der Waals surface area (Å²) in [5, 5.41) is 9.23. The molecule has 0 spiro atoms. The van der Waals surface area contributed by atoms with Gasteiger partial charge in [-0.3, -0.25) is 9.36 Å². The van der Waals surface area contributed by atoms with Crippen molar-refractivity contribution < 1.29 is 0 Å². The summed E-state index contributed by atoms with van der Waals surface area (Å²) in [5.41, 5.74) is 3.68. The van der Waals surface area contributed by atoms with Gasteiger partial charge in [-0.1, -0.05) is 23.4 Å². The zero-order valence-corrected chi connectivity index (χ0v) is 14.9. The molecule has 0 bridgehead atoms. The van der Waals surface area contributed by atoms with Gasteiger partial charge in [0.1, 0.15) is 5.15 Å². The molecule has 0 atom stereocenters. The maximum Gasteiger partial charge on any atom is 0.129 e. The molecule has 0 unspecified atom stereocenters. The largest absolute Gasteiger partial charge is 0.269 e. The average Bonchev–Trinajstić information content (AvgIpc) is 3.13. The minimum absolute atomic E-state index is 0.316. The van der Waals surface area contributed by atoms with Gasteiger partial charge >= 0.3 is 0 Å². The molecule has 1 fully saturated rings. The van der Waals surface area contributed by atoms with Gasteiger partial charge in [-0.25, -0.2) is 4.98 Å². The number of rotatable bonds is 3. The highest BCUT2D eigenvalue weighted by Crippen LogP contribution is 2.35. The Morgan fingerprint density at radius 3 is 2.68 bits per heavy atom. The molecular weight excluding hydrogens is 334 g/mol. The van der Waals surface area contributed by atoms with Crippen molar-refractivity contribution in [3.63, 3.8) is 0 Å². The second-order valence-corrected chi connectivity index (χ2v) is 6.93. The Kier molecular flexibility index (Phi) is 4.06. The molecule has 126 valence electrons. The monoisotopic (exact) mass is 351 g/mol. The molecule has 6 heteroatoms. The molecule has 0 saturated heterocycles. The van der Waals surface area contributed by atoms with Crippen LogP contribution >= 0.6 is 11.6 Å².